The van der Waals surface area contributed by atoms with Gasteiger partial charge in [-0.2, -0.15) is 0 Å². The maximum Gasteiger partial charge on any atom is 0.238 e. The molecule has 1 saturated heterocycles. The van der Waals surface area contributed by atoms with Gasteiger partial charge in [-0.1, -0.05) is 59.4 Å². The quantitative estimate of drug-likeness (QED) is 0.770. The van der Waals surface area contributed by atoms with Crippen molar-refractivity contribution in [1.29, 1.82) is 0 Å². The number of piperazine rings is 1. The van der Waals surface area contributed by atoms with Gasteiger partial charge >= 0.3 is 0 Å². The first-order valence-electron chi connectivity index (χ1n) is 8.15. The number of hydrogen-bond acceptors (Lipinski definition) is 3. The van der Waals surface area contributed by atoms with Gasteiger partial charge in [-0.25, -0.2) is 4.31 Å². The van der Waals surface area contributed by atoms with Crippen molar-refractivity contribution in [3.05, 3.63) is 69.7 Å². The number of nitrogens with one attached hydrogen (secondary N) is 1. The molecule has 2 aromatic rings. The summed E-state index contributed by atoms with van der Waals surface area (Å²) in [5.41, 5.74) is 2.28. The number of carbonyl (C=O) groups is 1. The molecule has 3 rings (SSSR count). The largest absolute Gasteiger partial charge is 0.350 e. The van der Waals surface area contributed by atoms with Crippen molar-refractivity contribution >= 4 is 41.1 Å². The SMILES string of the molecule is CSN1C[C@H](Cc2ccc(Cl)cc2)NC(=O)C1Cc1ccc(Cl)cc1. The van der Waals surface area contributed by atoms with E-state index in [0.29, 0.717) is 11.4 Å². The lowest BCUT2D eigenvalue weighted by Crippen LogP contribution is -2.59. The van der Waals surface area contributed by atoms with Crippen LogP contribution in [-0.2, 0) is 17.6 Å². The van der Waals surface area contributed by atoms with Crippen molar-refractivity contribution < 1.29 is 4.79 Å². The molecule has 2 atom stereocenters. The van der Waals surface area contributed by atoms with Crippen LogP contribution in [0.2, 0.25) is 10.0 Å². The monoisotopic (exact) mass is 394 g/mol. The van der Waals surface area contributed by atoms with E-state index in [-0.39, 0.29) is 18.0 Å². The minimum absolute atomic E-state index is 0.0783. The van der Waals surface area contributed by atoms with E-state index < -0.39 is 0 Å². The minimum Gasteiger partial charge on any atom is -0.350 e. The Morgan fingerprint density at radius 1 is 1.00 bits per heavy atom. The third kappa shape index (κ3) is 4.91. The Bertz CT molecular complexity index is 721. The Hall–Kier alpha value is -1.20. The van der Waals surface area contributed by atoms with Crippen molar-refractivity contribution in [2.45, 2.75) is 24.9 Å². The van der Waals surface area contributed by atoms with E-state index in [1.54, 1.807) is 11.9 Å². The highest BCUT2D eigenvalue weighted by molar-refractivity contribution is 7.96. The molecule has 3 nitrogen and oxygen atoms in total. The molecule has 1 amide bonds. The van der Waals surface area contributed by atoms with Crippen molar-refractivity contribution in [3.63, 3.8) is 0 Å². The van der Waals surface area contributed by atoms with Gasteiger partial charge in [-0.05, 0) is 54.5 Å². The summed E-state index contributed by atoms with van der Waals surface area (Å²) in [7, 11) is 0. The van der Waals surface area contributed by atoms with Gasteiger partial charge in [-0.15, -0.1) is 0 Å². The van der Waals surface area contributed by atoms with E-state index in [2.05, 4.69) is 9.62 Å². The molecule has 25 heavy (non-hydrogen) atoms. The lowest BCUT2D eigenvalue weighted by atomic mass is 9.99. The zero-order valence-corrected chi connectivity index (χ0v) is 16.2. The van der Waals surface area contributed by atoms with Gasteiger partial charge in [0.05, 0.1) is 0 Å². The molecule has 1 unspecified atom stereocenters. The summed E-state index contributed by atoms with van der Waals surface area (Å²) in [6.07, 6.45) is 3.50. The predicted molar refractivity (Wildman–Crippen MR) is 106 cm³/mol. The molecule has 1 aliphatic rings. The molecule has 2 aromatic carbocycles. The van der Waals surface area contributed by atoms with Gasteiger partial charge in [0.2, 0.25) is 5.91 Å². The molecule has 0 saturated carbocycles. The number of nitrogens with zero attached hydrogens (tertiary/aromatic N) is 1. The first-order valence-corrected chi connectivity index (χ1v) is 10.1. The highest BCUT2D eigenvalue weighted by Gasteiger charge is 2.34. The summed E-state index contributed by atoms with van der Waals surface area (Å²) in [6.45, 7) is 0.813. The fourth-order valence-electron chi connectivity index (χ4n) is 3.08. The Morgan fingerprint density at radius 3 is 2.04 bits per heavy atom. The Balaban J connectivity index is 1.66. The molecule has 0 aromatic heterocycles. The average Bonchev–Trinajstić information content (AvgIpc) is 2.61. The zero-order valence-electron chi connectivity index (χ0n) is 13.9. The molecular weight excluding hydrogens is 375 g/mol. The maximum atomic E-state index is 12.7. The van der Waals surface area contributed by atoms with Crippen LogP contribution in [-0.4, -0.2) is 35.1 Å². The average molecular weight is 395 g/mol. The van der Waals surface area contributed by atoms with Crippen LogP contribution < -0.4 is 5.32 Å². The number of carbonyl (C=O) groups excluding carboxylic acids is 1. The second kappa shape index (κ2) is 8.45. The van der Waals surface area contributed by atoms with Gasteiger partial charge < -0.3 is 5.32 Å². The molecule has 0 bridgehead atoms. The van der Waals surface area contributed by atoms with Crippen LogP contribution in [0, 0.1) is 0 Å². The third-order valence-corrected chi connectivity index (χ3v) is 5.75. The van der Waals surface area contributed by atoms with E-state index in [1.165, 1.54) is 5.56 Å². The van der Waals surface area contributed by atoms with Gasteiger partial charge in [0.25, 0.3) is 0 Å². The zero-order chi connectivity index (χ0) is 17.8. The summed E-state index contributed by atoms with van der Waals surface area (Å²) in [6, 6.07) is 15.4. The predicted octanol–water partition coefficient (Wildman–Crippen LogP) is 4.23. The molecule has 0 radical (unpaired) electrons. The lowest BCUT2D eigenvalue weighted by Gasteiger charge is -2.38. The first kappa shape index (κ1) is 18.6. The Kier molecular flexibility index (Phi) is 6.29. The van der Waals surface area contributed by atoms with Gasteiger partial charge in [0.15, 0.2) is 0 Å². The van der Waals surface area contributed by atoms with Crippen LogP contribution in [0.25, 0.3) is 0 Å². The number of amides is 1. The minimum atomic E-state index is -0.169. The van der Waals surface area contributed by atoms with Crippen LogP contribution in [0.15, 0.2) is 48.5 Å². The van der Waals surface area contributed by atoms with E-state index >= 15 is 0 Å². The van der Waals surface area contributed by atoms with Crippen molar-refractivity contribution in [3.8, 4) is 0 Å². The van der Waals surface area contributed by atoms with Gasteiger partial charge in [0.1, 0.15) is 6.04 Å². The summed E-state index contributed by atoms with van der Waals surface area (Å²) in [5.74, 6) is 0.0783. The van der Waals surface area contributed by atoms with Crippen LogP contribution in [0.3, 0.4) is 0 Å². The number of halogens is 2. The van der Waals surface area contributed by atoms with Crippen LogP contribution >= 0.6 is 35.1 Å². The van der Waals surface area contributed by atoms with Gasteiger partial charge in [-0.3, -0.25) is 4.79 Å². The van der Waals surface area contributed by atoms with E-state index in [0.717, 1.165) is 23.6 Å². The van der Waals surface area contributed by atoms with Crippen molar-refractivity contribution in [2.24, 2.45) is 0 Å². The molecule has 1 heterocycles. The smallest absolute Gasteiger partial charge is 0.238 e. The van der Waals surface area contributed by atoms with Crippen LogP contribution in [0.4, 0.5) is 0 Å². The molecule has 0 spiro atoms. The second-order valence-electron chi connectivity index (χ2n) is 6.16. The Labute approximate surface area is 162 Å². The van der Waals surface area contributed by atoms with Crippen molar-refractivity contribution in [2.75, 3.05) is 12.8 Å². The first-order chi connectivity index (χ1) is 12.0. The standard InChI is InChI=1S/C19H20Cl2N2OS/c1-25-23-12-17(10-13-2-6-15(20)7-3-13)22-19(24)18(23)11-14-4-8-16(21)9-5-14/h2-9,17-18H,10-12H2,1H3,(H,22,24)/t17-,18?/m0/s1. The molecular formula is C19H20Cl2N2OS. The van der Waals surface area contributed by atoms with Crippen molar-refractivity contribution in [1.82, 2.24) is 9.62 Å². The molecule has 1 N–H and O–H groups in total. The number of benzene rings is 2. The fraction of sp³-hybridized carbons (Fsp3) is 0.316. The summed E-state index contributed by atoms with van der Waals surface area (Å²) in [5, 5.41) is 4.61. The highest BCUT2D eigenvalue weighted by Crippen LogP contribution is 2.23. The van der Waals surface area contributed by atoms with E-state index in [4.69, 9.17) is 23.2 Å². The van der Waals surface area contributed by atoms with E-state index in [9.17, 15) is 4.79 Å². The molecule has 0 aliphatic carbocycles. The molecule has 132 valence electrons. The normalized spacial score (nSPS) is 21.2. The van der Waals surface area contributed by atoms with Crippen LogP contribution in [0.1, 0.15) is 11.1 Å². The summed E-state index contributed by atoms with van der Waals surface area (Å²) in [4.78, 5) is 12.7. The third-order valence-electron chi connectivity index (χ3n) is 4.37. The van der Waals surface area contributed by atoms with E-state index in [1.807, 2.05) is 54.8 Å². The maximum absolute atomic E-state index is 12.7. The second-order valence-corrected chi connectivity index (χ2v) is 7.87. The molecule has 1 aliphatic heterocycles. The highest BCUT2D eigenvalue weighted by atomic mass is 35.5. The summed E-state index contributed by atoms with van der Waals surface area (Å²) >= 11 is 13.5. The lowest BCUT2D eigenvalue weighted by molar-refractivity contribution is -0.127. The Morgan fingerprint density at radius 2 is 1.52 bits per heavy atom. The summed E-state index contributed by atoms with van der Waals surface area (Å²) < 4.78 is 2.17. The van der Waals surface area contributed by atoms with Gasteiger partial charge in [0, 0.05) is 22.6 Å². The topological polar surface area (TPSA) is 32.3 Å². The van der Waals surface area contributed by atoms with Crippen LogP contribution in [0.5, 0.6) is 0 Å². The fourth-order valence-corrected chi connectivity index (χ4v) is 4.08. The number of hydrogen-bond donors (Lipinski definition) is 1. The number of rotatable bonds is 5. The molecule has 1 fully saturated rings. The molecule has 6 heteroatoms.